The summed E-state index contributed by atoms with van der Waals surface area (Å²) in [6, 6.07) is 5.54. The molecule has 0 radical (unpaired) electrons. The number of aryl methyl sites for hydroxylation is 1. The van der Waals surface area contributed by atoms with E-state index in [-0.39, 0.29) is 18.5 Å². The lowest BCUT2D eigenvalue weighted by Crippen LogP contribution is -2.10. The van der Waals surface area contributed by atoms with Crippen molar-refractivity contribution < 1.29 is 14.3 Å². The number of anilines is 1. The maximum Gasteiger partial charge on any atom is 0.302 e. The second-order valence-electron chi connectivity index (χ2n) is 3.56. The SMILES string of the molecule is CC(=O)Nc1cccc(C)c1COC(C)=O. The van der Waals surface area contributed by atoms with Gasteiger partial charge >= 0.3 is 5.97 Å². The van der Waals surface area contributed by atoms with Crippen molar-refractivity contribution in [1.29, 1.82) is 0 Å². The molecule has 1 amide bonds. The van der Waals surface area contributed by atoms with Gasteiger partial charge in [-0.25, -0.2) is 0 Å². The molecule has 0 aliphatic carbocycles. The van der Waals surface area contributed by atoms with Crippen molar-refractivity contribution in [3.63, 3.8) is 0 Å². The molecule has 0 saturated heterocycles. The fourth-order valence-electron chi connectivity index (χ4n) is 1.37. The molecule has 0 atom stereocenters. The summed E-state index contributed by atoms with van der Waals surface area (Å²) in [5.74, 6) is -0.480. The van der Waals surface area contributed by atoms with E-state index in [1.54, 1.807) is 6.07 Å². The van der Waals surface area contributed by atoms with Gasteiger partial charge in [0.1, 0.15) is 6.61 Å². The lowest BCUT2D eigenvalue weighted by Gasteiger charge is -2.12. The first-order valence-corrected chi connectivity index (χ1v) is 5.00. The van der Waals surface area contributed by atoms with Crippen LogP contribution in [-0.4, -0.2) is 11.9 Å². The second-order valence-corrected chi connectivity index (χ2v) is 3.56. The summed E-state index contributed by atoms with van der Waals surface area (Å²) in [7, 11) is 0. The van der Waals surface area contributed by atoms with Gasteiger partial charge in [0.05, 0.1) is 0 Å². The molecule has 1 N–H and O–H groups in total. The summed E-state index contributed by atoms with van der Waals surface area (Å²) in [6.45, 7) is 4.88. The molecule has 1 aromatic carbocycles. The Labute approximate surface area is 94.6 Å². The quantitative estimate of drug-likeness (QED) is 0.794. The number of hydrogen-bond donors (Lipinski definition) is 1. The van der Waals surface area contributed by atoms with Gasteiger partial charge in [0.25, 0.3) is 0 Å². The molecule has 0 spiro atoms. The van der Waals surface area contributed by atoms with E-state index in [9.17, 15) is 9.59 Å². The molecule has 4 heteroatoms. The summed E-state index contributed by atoms with van der Waals surface area (Å²) < 4.78 is 4.94. The molecular weight excluding hydrogens is 206 g/mol. The van der Waals surface area contributed by atoms with E-state index in [4.69, 9.17) is 4.74 Å². The molecule has 86 valence electrons. The molecule has 0 unspecified atom stereocenters. The Balaban J connectivity index is 2.93. The Hall–Kier alpha value is -1.84. The van der Waals surface area contributed by atoms with Crippen molar-refractivity contribution in [2.24, 2.45) is 0 Å². The van der Waals surface area contributed by atoms with Crippen LogP contribution >= 0.6 is 0 Å². The van der Waals surface area contributed by atoms with Crippen LogP contribution in [0.2, 0.25) is 0 Å². The van der Waals surface area contributed by atoms with Crippen LogP contribution in [-0.2, 0) is 20.9 Å². The fourth-order valence-corrected chi connectivity index (χ4v) is 1.37. The van der Waals surface area contributed by atoms with Crippen LogP contribution in [0.4, 0.5) is 5.69 Å². The normalized spacial score (nSPS) is 9.69. The van der Waals surface area contributed by atoms with Crippen LogP contribution < -0.4 is 5.32 Å². The van der Waals surface area contributed by atoms with Crippen molar-refractivity contribution in [2.45, 2.75) is 27.4 Å². The first-order chi connectivity index (χ1) is 7.50. The predicted octanol–water partition coefficient (Wildman–Crippen LogP) is 2.02. The maximum atomic E-state index is 11.0. The van der Waals surface area contributed by atoms with Gasteiger partial charge < -0.3 is 10.1 Å². The molecule has 0 saturated carbocycles. The van der Waals surface area contributed by atoms with Gasteiger partial charge in [-0.3, -0.25) is 9.59 Å². The van der Waals surface area contributed by atoms with Crippen LogP contribution in [0.3, 0.4) is 0 Å². The Morgan fingerprint density at radius 3 is 2.56 bits per heavy atom. The smallest absolute Gasteiger partial charge is 0.302 e. The highest BCUT2D eigenvalue weighted by atomic mass is 16.5. The largest absolute Gasteiger partial charge is 0.461 e. The number of carbonyl (C=O) groups is 2. The van der Waals surface area contributed by atoms with Crippen molar-refractivity contribution in [1.82, 2.24) is 0 Å². The molecule has 1 rings (SSSR count). The number of carbonyl (C=O) groups excluding carboxylic acids is 2. The van der Waals surface area contributed by atoms with E-state index in [2.05, 4.69) is 5.32 Å². The molecule has 0 aliphatic heterocycles. The average molecular weight is 221 g/mol. The highest BCUT2D eigenvalue weighted by Gasteiger charge is 2.08. The van der Waals surface area contributed by atoms with Gasteiger partial charge in [0.15, 0.2) is 0 Å². The molecule has 0 aliphatic rings. The standard InChI is InChI=1S/C12H15NO3/c1-8-5-4-6-12(13-9(2)14)11(8)7-16-10(3)15/h4-6H,7H2,1-3H3,(H,13,14). The fraction of sp³-hybridized carbons (Fsp3) is 0.333. The molecular formula is C12H15NO3. The van der Waals surface area contributed by atoms with Crippen LogP contribution in [0.1, 0.15) is 25.0 Å². The van der Waals surface area contributed by atoms with Crippen molar-refractivity contribution >= 4 is 17.6 Å². The van der Waals surface area contributed by atoms with Gasteiger partial charge in [-0.2, -0.15) is 0 Å². The lowest BCUT2D eigenvalue weighted by molar-refractivity contribution is -0.142. The Bertz CT molecular complexity index is 413. The zero-order chi connectivity index (χ0) is 12.1. The van der Waals surface area contributed by atoms with Crippen LogP contribution in [0.15, 0.2) is 18.2 Å². The topological polar surface area (TPSA) is 55.4 Å². The molecule has 0 bridgehead atoms. The van der Waals surface area contributed by atoms with E-state index in [1.165, 1.54) is 13.8 Å². The van der Waals surface area contributed by atoms with E-state index in [0.29, 0.717) is 5.69 Å². The molecule has 0 fully saturated rings. The maximum absolute atomic E-state index is 11.0. The number of nitrogens with one attached hydrogen (secondary N) is 1. The number of rotatable bonds is 3. The summed E-state index contributed by atoms with van der Waals surface area (Å²) in [4.78, 5) is 21.7. The third-order valence-corrected chi connectivity index (χ3v) is 2.14. The van der Waals surface area contributed by atoms with Gasteiger partial charge in [-0.15, -0.1) is 0 Å². The van der Waals surface area contributed by atoms with Crippen LogP contribution in [0.25, 0.3) is 0 Å². The minimum atomic E-state index is -0.336. The molecule has 1 aromatic rings. The minimum absolute atomic E-state index is 0.144. The highest BCUT2D eigenvalue weighted by molar-refractivity contribution is 5.89. The monoisotopic (exact) mass is 221 g/mol. The van der Waals surface area contributed by atoms with Crippen LogP contribution in [0, 0.1) is 6.92 Å². The van der Waals surface area contributed by atoms with Gasteiger partial charge in [0.2, 0.25) is 5.91 Å². The first kappa shape index (κ1) is 12.2. The Morgan fingerprint density at radius 1 is 1.31 bits per heavy atom. The van der Waals surface area contributed by atoms with E-state index in [1.807, 2.05) is 19.1 Å². The number of ether oxygens (including phenoxy) is 1. The van der Waals surface area contributed by atoms with Crippen molar-refractivity contribution in [3.8, 4) is 0 Å². The number of hydrogen-bond acceptors (Lipinski definition) is 3. The number of benzene rings is 1. The van der Waals surface area contributed by atoms with E-state index in [0.717, 1.165) is 11.1 Å². The average Bonchev–Trinajstić information content (AvgIpc) is 2.15. The lowest BCUT2D eigenvalue weighted by atomic mass is 10.1. The van der Waals surface area contributed by atoms with Gasteiger partial charge in [-0.05, 0) is 18.6 Å². The van der Waals surface area contributed by atoms with Crippen LogP contribution in [0.5, 0.6) is 0 Å². The van der Waals surface area contributed by atoms with E-state index >= 15 is 0 Å². The summed E-state index contributed by atoms with van der Waals surface area (Å²) in [6.07, 6.45) is 0. The van der Waals surface area contributed by atoms with Crippen molar-refractivity contribution in [2.75, 3.05) is 5.32 Å². The predicted molar refractivity (Wildman–Crippen MR) is 61.0 cm³/mol. The molecule has 4 nitrogen and oxygen atoms in total. The number of esters is 1. The second kappa shape index (κ2) is 5.30. The van der Waals surface area contributed by atoms with Gasteiger partial charge in [0, 0.05) is 25.1 Å². The Morgan fingerprint density at radius 2 is 2.00 bits per heavy atom. The number of amides is 1. The first-order valence-electron chi connectivity index (χ1n) is 5.00. The Kier molecular flexibility index (Phi) is 4.05. The zero-order valence-electron chi connectivity index (χ0n) is 9.66. The summed E-state index contributed by atoms with van der Waals surface area (Å²) in [5, 5.41) is 2.71. The third-order valence-electron chi connectivity index (χ3n) is 2.14. The third kappa shape index (κ3) is 3.38. The molecule has 0 aromatic heterocycles. The summed E-state index contributed by atoms with van der Waals surface area (Å²) in [5.41, 5.74) is 2.49. The minimum Gasteiger partial charge on any atom is -0.461 e. The highest BCUT2D eigenvalue weighted by Crippen LogP contribution is 2.20. The zero-order valence-corrected chi connectivity index (χ0v) is 9.66. The molecule has 0 heterocycles. The molecule has 16 heavy (non-hydrogen) atoms. The van der Waals surface area contributed by atoms with Gasteiger partial charge in [-0.1, -0.05) is 12.1 Å². The van der Waals surface area contributed by atoms with E-state index < -0.39 is 0 Å². The summed E-state index contributed by atoms with van der Waals surface area (Å²) >= 11 is 0. The van der Waals surface area contributed by atoms with Crippen molar-refractivity contribution in [3.05, 3.63) is 29.3 Å².